The van der Waals surface area contributed by atoms with Gasteiger partial charge in [0.15, 0.2) is 5.69 Å². The smallest absolute Gasteiger partial charge is 0.358 e. The molecule has 80 valence electrons. The van der Waals surface area contributed by atoms with Crippen molar-refractivity contribution in [2.45, 2.75) is 6.04 Å². The second-order valence-electron chi connectivity index (χ2n) is 3.20. The third-order valence-electron chi connectivity index (χ3n) is 2.24. The zero-order chi connectivity index (χ0) is 10.8. The lowest BCUT2D eigenvalue weighted by atomic mass is 10.2. The molecule has 1 aliphatic rings. The lowest BCUT2D eigenvalue weighted by Gasteiger charge is -2.27. The van der Waals surface area contributed by atoms with Crippen molar-refractivity contribution in [1.82, 2.24) is 9.55 Å². The summed E-state index contributed by atoms with van der Waals surface area (Å²) in [5.41, 5.74) is -0.111. The molecule has 0 radical (unpaired) electrons. The fourth-order valence-corrected chi connectivity index (χ4v) is 1.30. The predicted molar refractivity (Wildman–Crippen MR) is 49.7 cm³/mol. The van der Waals surface area contributed by atoms with Crippen molar-refractivity contribution in [3.8, 4) is 0 Å². The molecule has 0 amide bonds. The van der Waals surface area contributed by atoms with Crippen LogP contribution in [0.2, 0.25) is 0 Å². The highest BCUT2D eigenvalue weighted by Crippen LogP contribution is 2.14. The number of nitrogens with zero attached hydrogens (tertiary/aromatic N) is 2. The van der Waals surface area contributed by atoms with Gasteiger partial charge in [-0.15, -0.1) is 0 Å². The van der Waals surface area contributed by atoms with Crippen molar-refractivity contribution >= 4 is 5.97 Å². The zero-order valence-electron chi connectivity index (χ0n) is 8.17. The molecule has 0 atom stereocenters. The molecule has 2 rings (SSSR count). The van der Waals surface area contributed by atoms with E-state index in [1.165, 1.54) is 17.9 Å². The Morgan fingerprint density at radius 2 is 2.40 bits per heavy atom. The van der Waals surface area contributed by atoms with Crippen molar-refractivity contribution in [1.29, 1.82) is 0 Å². The number of esters is 1. The molecular weight excluding hydrogens is 200 g/mol. The Labute approximate surface area is 85.4 Å². The lowest BCUT2D eigenvalue weighted by Crippen LogP contribution is -2.37. The fraction of sp³-hybridized carbons (Fsp3) is 0.444. The summed E-state index contributed by atoms with van der Waals surface area (Å²) in [7, 11) is 1.27. The third-order valence-corrected chi connectivity index (χ3v) is 2.24. The molecule has 0 aromatic carbocycles. The van der Waals surface area contributed by atoms with Crippen molar-refractivity contribution in [3.05, 3.63) is 28.4 Å². The number of methoxy groups -OCH3 is 1. The first-order chi connectivity index (χ1) is 7.22. The van der Waals surface area contributed by atoms with Crippen molar-refractivity contribution < 1.29 is 14.3 Å². The molecule has 0 N–H and O–H groups in total. The number of aromatic nitrogens is 2. The van der Waals surface area contributed by atoms with E-state index in [4.69, 9.17) is 4.74 Å². The van der Waals surface area contributed by atoms with Gasteiger partial charge in [-0.05, 0) is 0 Å². The van der Waals surface area contributed by atoms with Crippen LogP contribution in [0.4, 0.5) is 0 Å². The maximum absolute atomic E-state index is 11.4. The summed E-state index contributed by atoms with van der Waals surface area (Å²) in [4.78, 5) is 26.3. The van der Waals surface area contributed by atoms with Gasteiger partial charge in [0.2, 0.25) is 0 Å². The lowest BCUT2D eigenvalue weighted by molar-refractivity contribution is -0.0251. The van der Waals surface area contributed by atoms with E-state index in [2.05, 4.69) is 9.72 Å². The monoisotopic (exact) mass is 210 g/mol. The molecule has 15 heavy (non-hydrogen) atoms. The molecule has 1 fully saturated rings. The summed E-state index contributed by atoms with van der Waals surface area (Å²) in [5, 5.41) is 0. The minimum Gasteiger partial charge on any atom is -0.464 e. The van der Waals surface area contributed by atoms with Gasteiger partial charge in [0, 0.05) is 6.20 Å². The van der Waals surface area contributed by atoms with Gasteiger partial charge in [-0.3, -0.25) is 4.79 Å². The van der Waals surface area contributed by atoms with Gasteiger partial charge in [-0.2, -0.15) is 0 Å². The Balaban J connectivity index is 2.36. The SMILES string of the molecule is COC(=O)c1cn(C2COC2)c(=O)cn1. The van der Waals surface area contributed by atoms with Gasteiger partial charge in [0.1, 0.15) is 0 Å². The third kappa shape index (κ3) is 1.75. The van der Waals surface area contributed by atoms with Crippen LogP contribution in [-0.4, -0.2) is 35.8 Å². The van der Waals surface area contributed by atoms with Crippen LogP contribution in [-0.2, 0) is 9.47 Å². The molecule has 2 heterocycles. The number of ether oxygens (including phenoxy) is 2. The first-order valence-corrected chi connectivity index (χ1v) is 4.46. The van der Waals surface area contributed by atoms with Gasteiger partial charge in [-0.25, -0.2) is 9.78 Å². The fourth-order valence-electron chi connectivity index (χ4n) is 1.30. The predicted octanol–water partition coefficient (Wildman–Crippen LogP) is -0.399. The first-order valence-electron chi connectivity index (χ1n) is 4.46. The standard InChI is InChI=1S/C9H10N2O4/c1-14-9(13)7-3-11(6-4-15-5-6)8(12)2-10-7/h2-3,6H,4-5H2,1H3. The molecule has 6 nitrogen and oxygen atoms in total. The summed E-state index contributed by atoms with van der Waals surface area (Å²) in [6.07, 6.45) is 2.52. The van der Waals surface area contributed by atoms with Gasteiger partial charge in [0.05, 0.1) is 32.6 Å². The van der Waals surface area contributed by atoms with E-state index in [9.17, 15) is 9.59 Å². The molecule has 6 heteroatoms. The van der Waals surface area contributed by atoms with E-state index in [0.29, 0.717) is 13.2 Å². The molecule has 1 aromatic heterocycles. The number of carbonyl (C=O) groups is 1. The highest BCUT2D eigenvalue weighted by Gasteiger charge is 2.22. The summed E-state index contributed by atoms with van der Waals surface area (Å²) in [5.74, 6) is -0.552. The van der Waals surface area contributed by atoms with Crippen LogP contribution in [0.1, 0.15) is 16.5 Å². The van der Waals surface area contributed by atoms with E-state index in [1.807, 2.05) is 0 Å². The van der Waals surface area contributed by atoms with Gasteiger partial charge in [-0.1, -0.05) is 0 Å². The van der Waals surface area contributed by atoms with Gasteiger partial charge in [0.25, 0.3) is 5.56 Å². The van der Waals surface area contributed by atoms with Crippen molar-refractivity contribution in [3.63, 3.8) is 0 Å². The maximum atomic E-state index is 11.4. The number of rotatable bonds is 2. The maximum Gasteiger partial charge on any atom is 0.358 e. The Hall–Kier alpha value is -1.69. The van der Waals surface area contributed by atoms with Crippen LogP contribution >= 0.6 is 0 Å². The van der Waals surface area contributed by atoms with E-state index in [1.54, 1.807) is 0 Å². The average molecular weight is 210 g/mol. The largest absolute Gasteiger partial charge is 0.464 e. The minimum atomic E-state index is -0.552. The summed E-state index contributed by atoms with van der Waals surface area (Å²) < 4.78 is 10.9. The molecule has 0 bridgehead atoms. The molecule has 1 saturated heterocycles. The molecule has 0 spiro atoms. The van der Waals surface area contributed by atoms with E-state index in [0.717, 1.165) is 6.20 Å². The Morgan fingerprint density at radius 1 is 1.67 bits per heavy atom. The van der Waals surface area contributed by atoms with Crippen LogP contribution in [0.25, 0.3) is 0 Å². The van der Waals surface area contributed by atoms with E-state index in [-0.39, 0.29) is 17.3 Å². The van der Waals surface area contributed by atoms with Crippen molar-refractivity contribution in [2.24, 2.45) is 0 Å². The summed E-state index contributed by atoms with van der Waals surface area (Å²) >= 11 is 0. The van der Waals surface area contributed by atoms with Crippen LogP contribution in [0, 0.1) is 0 Å². The zero-order valence-corrected chi connectivity index (χ0v) is 8.17. The highest BCUT2D eigenvalue weighted by atomic mass is 16.5. The normalized spacial score (nSPS) is 15.8. The molecule has 1 aliphatic heterocycles. The van der Waals surface area contributed by atoms with E-state index < -0.39 is 5.97 Å². The molecule has 1 aromatic rings. The van der Waals surface area contributed by atoms with Crippen LogP contribution in [0.3, 0.4) is 0 Å². The van der Waals surface area contributed by atoms with Crippen LogP contribution in [0.15, 0.2) is 17.2 Å². The first kappa shape index (κ1) is 9.85. The number of hydrogen-bond donors (Lipinski definition) is 0. The van der Waals surface area contributed by atoms with Crippen molar-refractivity contribution in [2.75, 3.05) is 20.3 Å². The quantitative estimate of drug-likeness (QED) is 0.621. The van der Waals surface area contributed by atoms with Gasteiger partial charge < -0.3 is 14.0 Å². The minimum absolute atomic E-state index is 0.00362. The highest BCUT2D eigenvalue weighted by molar-refractivity contribution is 5.86. The Kier molecular flexibility index (Phi) is 2.51. The molecular formula is C9H10N2O4. The summed E-state index contributed by atoms with van der Waals surface area (Å²) in [6, 6.07) is 0.00362. The molecule has 0 saturated carbocycles. The van der Waals surface area contributed by atoms with Crippen LogP contribution < -0.4 is 5.56 Å². The number of carbonyl (C=O) groups excluding carboxylic acids is 1. The topological polar surface area (TPSA) is 70.4 Å². The molecule has 0 unspecified atom stereocenters. The van der Waals surface area contributed by atoms with Gasteiger partial charge >= 0.3 is 5.97 Å². The Bertz CT molecular complexity index is 436. The second kappa shape index (κ2) is 3.82. The Morgan fingerprint density at radius 3 is 2.93 bits per heavy atom. The number of hydrogen-bond acceptors (Lipinski definition) is 5. The van der Waals surface area contributed by atoms with Crippen LogP contribution in [0.5, 0.6) is 0 Å². The average Bonchev–Trinajstić information content (AvgIpc) is 2.17. The second-order valence-corrected chi connectivity index (χ2v) is 3.20. The van der Waals surface area contributed by atoms with E-state index >= 15 is 0 Å². The molecule has 0 aliphatic carbocycles. The summed E-state index contributed by atoms with van der Waals surface area (Å²) in [6.45, 7) is 0.981.